The molecule has 0 aromatic heterocycles. The first-order valence-electron chi connectivity index (χ1n) is 3.88. The molecule has 0 aromatic rings. The van der Waals surface area contributed by atoms with E-state index in [9.17, 15) is 8.42 Å². The fraction of sp³-hybridized carbons (Fsp3) is 0.857. The third kappa shape index (κ3) is 8.14. The maximum atomic E-state index is 11.3. The van der Waals surface area contributed by atoms with Gasteiger partial charge in [0.15, 0.2) is 0 Å². The molecule has 0 aliphatic rings. The molecule has 0 unspecified atom stereocenters. The van der Waals surface area contributed by atoms with Crippen LogP contribution in [0.2, 0.25) is 0 Å². The molecule has 0 aliphatic carbocycles. The lowest BCUT2D eigenvalue weighted by Gasteiger charge is -2.17. The summed E-state index contributed by atoms with van der Waals surface area (Å²) in [4.78, 5) is 0.150. The summed E-state index contributed by atoms with van der Waals surface area (Å²) in [6.07, 6.45) is 0. The van der Waals surface area contributed by atoms with E-state index in [0.717, 1.165) is 0 Å². The predicted octanol–water partition coefficient (Wildman–Crippen LogP) is 0.238. The molecular weight excluding hydrogens is 208 g/mol. The average Bonchev–Trinajstić information content (AvgIpc) is 1.78. The van der Waals surface area contributed by atoms with Crippen molar-refractivity contribution in [2.24, 2.45) is 11.1 Å². The number of hydrogen-bond acceptors (Lipinski definition) is 3. The first-order valence-corrected chi connectivity index (χ1v) is 5.94. The Morgan fingerprint density at radius 1 is 1.46 bits per heavy atom. The second kappa shape index (κ2) is 4.34. The van der Waals surface area contributed by atoms with Crippen molar-refractivity contribution in [1.29, 1.82) is 0 Å². The first kappa shape index (κ1) is 12.8. The minimum Gasteiger partial charge on any atom is -0.392 e. The van der Waals surface area contributed by atoms with Crippen molar-refractivity contribution >= 4 is 27.2 Å². The first-order chi connectivity index (χ1) is 5.62. The molecule has 0 aromatic carbocycles. The van der Waals surface area contributed by atoms with E-state index in [2.05, 4.69) is 16.9 Å². The van der Waals surface area contributed by atoms with Gasteiger partial charge in [0.05, 0.1) is 17.3 Å². The fourth-order valence-electron chi connectivity index (χ4n) is 0.802. The van der Waals surface area contributed by atoms with Crippen LogP contribution in [0, 0.1) is 5.41 Å². The zero-order chi connectivity index (χ0) is 10.7. The number of rotatable bonds is 4. The van der Waals surface area contributed by atoms with Gasteiger partial charge in [0, 0.05) is 0 Å². The Bertz CT molecular complexity index is 277. The number of sulfonamides is 1. The van der Waals surface area contributed by atoms with E-state index in [1.165, 1.54) is 0 Å². The van der Waals surface area contributed by atoms with E-state index < -0.39 is 10.0 Å². The minimum absolute atomic E-state index is 0.0355. The number of nitrogens with one attached hydrogen (secondary N) is 1. The highest BCUT2D eigenvalue weighted by atomic mass is 32.2. The summed E-state index contributed by atoms with van der Waals surface area (Å²) in [5, 5.41) is 0. The lowest BCUT2D eigenvalue weighted by atomic mass is 10.0. The highest BCUT2D eigenvalue weighted by Gasteiger charge is 2.20. The SMILES string of the molecule is CC(C)(C)CS(=O)(=O)NCC(N)=S. The minimum atomic E-state index is -3.25. The molecular formula is C7H16N2O2S2. The van der Waals surface area contributed by atoms with Crippen LogP contribution in [0.5, 0.6) is 0 Å². The smallest absolute Gasteiger partial charge is 0.212 e. The monoisotopic (exact) mass is 224 g/mol. The third-order valence-corrected chi connectivity index (χ3v) is 3.06. The van der Waals surface area contributed by atoms with Crippen LogP contribution in [0.3, 0.4) is 0 Å². The van der Waals surface area contributed by atoms with E-state index in [4.69, 9.17) is 5.73 Å². The molecule has 3 N–H and O–H groups in total. The maximum absolute atomic E-state index is 11.3. The molecule has 0 spiro atoms. The number of thiocarbonyl (C=S) groups is 1. The Hall–Kier alpha value is -0.200. The van der Waals surface area contributed by atoms with Gasteiger partial charge in [-0.15, -0.1) is 0 Å². The molecule has 0 radical (unpaired) electrons. The molecule has 0 bridgehead atoms. The summed E-state index contributed by atoms with van der Waals surface area (Å²) in [6.45, 7) is 5.60. The average molecular weight is 224 g/mol. The highest BCUT2D eigenvalue weighted by molar-refractivity contribution is 7.89. The zero-order valence-electron chi connectivity index (χ0n) is 8.12. The van der Waals surface area contributed by atoms with Gasteiger partial charge in [0.2, 0.25) is 10.0 Å². The molecule has 0 fully saturated rings. The lowest BCUT2D eigenvalue weighted by molar-refractivity contribution is 0.459. The normalized spacial score (nSPS) is 12.8. The summed E-state index contributed by atoms with van der Waals surface area (Å²) in [6, 6.07) is 0. The van der Waals surface area contributed by atoms with Crippen molar-refractivity contribution in [1.82, 2.24) is 4.72 Å². The summed E-state index contributed by atoms with van der Waals surface area (Å²) in [5.41, 5.74) is 4.91. The topological polar surface area (TPSA) is 72.2 Å². The Balaban J connectivity index is 4.19. The second-order valence-corrected chi connectivity index (χ2v) is 6.44. The van der Waals surface area contributed by atoms with E-state index >= 15 is 0 Å². The van der Waals surface area contributed by atoms with Gasteiger partial charge in [-0.3, -0.25) is 0 Å². The van der Waals surface area contributed by atoms with Gasteiger partial charge in [0.25, 0.3) is 0 Å². The van der Waals surface area contributed by atoms with Gasteiger partial charge in [-0.2, -0.15) is 0 Å². The molecule has 0 rings (SSSR count). The van der Waals surface area contributed by atoms with E-state index in [1.54, 1.807) is 0 Å². The van der Waals surface area contributed by atoms with Crippen LogP contribution in [0.4, 0.5) is 0 Å². The van der Waals surface area contributed by atoms with Gasteiger partial charge >= 0.3 is 0 Å². The van der Waals surface area contributed by atoms with Crippen LogP contribution in [-0.4, -0.2) is 25.7 Å². The second-order valence-electron chi connectivity index (χ2n) is 4.11. The van der Waals surface area contributed by atoms with Crippen molar-refractivity contribution in [2.75, 3.05) is 12.3 Å². The molecule has 13 heavy (non-hydrogen) atoms. The summed E-state index contributed by atoms with van der Waals surface area (Å²) in [7, 11) is -3.25. The van der Waals surface area contributed by atoms with Gasteiger partial charge < -0.3 is 5.73 Å². The molecule has 6 heteroatoms. The fourth-order valence-corrected chi connectivity index (χ4v) is 2.58. The molecule has 78 valence electrons. The molecule has 0 heterocycles. The van der Waals surface area contributed by atoms with Crippen LogP contribution >= 0.6 is 12.2 Å². The molecule has 0 atom stereocenters. The van der Waals surface area contributed by atoms with E-state index in [0.29, 0.717) is 0 Å². The van der Waals surface area contributed by atoms with Crippen LogP contribution in [0.15, 0.2) is 0 Å². The number of hydrogen-bond donors (Lipinski definition) is 2. The maximum Gasteiger partial charge on any atom is 0.212 e. The lowest BCUT2D eigenvalue weighted by Crippen LogP contribution is -2.37. The van der Waals surface area contributed by atoms with Crippen molar-refractivity contribution in [2.45, 2.75) is 20.8 Å². The molecule has 0 saturated carbocycles. The largest absolute Gasteiger partial charge is 0.392 e. The van der Waals surface area contributed by atoms with Crippen LogP contribution < -0.4 is 10.5 Å². The van der Waals surface area contributed by atoms with Crippen LogP contribution in [0.1, 0.15) is 20.8 Å². The summed E-state index contributed by atoms with van der Waals surface area (Å²) < 4.78 is 25.0. The Morgan fingerprint density at radius 3 is 2.23 bits per heavy atom. The Labute approximate surface area is 84.9 Å². The Morgan fingerprint density at radius 2 is 1.92 bits per heavy atom. The van der Waals surface area contributed by atoms with Gasteiger partial charge in [0.1, 0.15) is 0 Å². The van der Waals surface area contributed by atoms with E-state index in [-0.39, 0.29) is 22.7 Å². The van der Waals surface area contributed by atoms with Gasteiger partial charge in [-0.1, -0.05) is 33.0 Å². The Kier molecular flexibility index (Phi) is 4.28. The summed E-state index contributed by atoms with van der Waals surface area (Å²) >= 11 is 4.56. The van der Waals surface area contributed by atoms with Gasteiger partial charge in [-0.05, 0) is 5.41 Å². The molecule has 0 amide bonds. The highest BCUT2D eigenvalue weighted by Crippen LogP contribution is 2.14. The van der Waals surface area contributed by atoms with Crippen molar-refractivity contribution in [3.8, 4) is 0 Å². The summed E-state index contributed by atoms with van der Waals surface area (Å²) in [5.74, 6) is 0.0720. The van der Waals surface area contributed by atoms with Crippen molar-refractivity contribution in [3.05, 3.63) is 0 Å². The van der Waals surface area contributed by atoms with E-state index in [1.807, 2.05) is 20.8 Å². The predicted molar refractivity (Wildman–Crippen MR) is 58.0 cm³/mol. The zero-order valence-corrected chi connectivity index (χ0v) is 9.76. The third-order valence-electron chi connectivity index (χ3n) is 1.09. The van der Waals surface area contributed by atoms with Crippen LogP contribution in [0.25, 0.3) is 0 Å². The van der Waals surface area contributed by atoms with Gasteiger partial charge in [-0.25, -0.2) is 13.1 Å². The standard InChI is InChI=1S/C7H16N2O2S2/c1-7(2,3)5-13(10,11)9-4-6(8)12/h9H,4-5H2,1-3H3,(H2,8,12). The van der Waals surface area contributed by atoms with Crippen molar-refractivity contribution < 1.29 is 8.42 Å². The molecule has 4 nitrogen and oxygen atoms in total. The quantitative estimate of drug-likeness (QED) is 0.671. The number of nitrogens with two attached hydrogens (primary N) is 1. The molecule has 0 aliphatic heterocycles. The molecule has 0 saturated heterocycles. The van der Waals surface area contributed by atoms with Crippen molar-refractivity contribution in [3.63, 3.8) is 0 Å². The van der Waals surface area contributed by atoms with Crippen LogP contribution in [-0.2, 0) is 10.0 Å².